The maximum absolute atomic E-state index is 12.5. The number of hydrogen-bond donors (Lipinski definition) is 1. The summed E-state index contributed by atoms with van der Waals surface area (Å²) in [6.07, 6.45) is 2.19. The molecule has 0 radical (unpaired) electrons. The number of hydrogen-bond acceptors (Lipinski definition) is 4. The molecule has 1 aliphatic carbocycles. The lowest BCUT2D eigenvalue weighted by atomic mass is 9.84. The van der Waals surface area contributed by atoms with Gasteiger partial charge >= 0.3 is 0 Å². The summed E-state index contributed by atoms with van der Waals surface area (Å²) in [7, 11) is -3.88. The Balaban J connectivity index is 1.91. The Hall–Kier alpha value is -1.43. The van der Waals surface area contributed by atoms with Gasteiger partial charge in [0.2, 0.25) is 0 Å². The quantitative estimate of drug-likeness (QED) is 0.882. The topological polar surface area (TPSA) is 63.6 Å². The SMILES string of the molecule is CC1(O)CCCC[C@@H]1OS(=O)(=O)c1ccc2ccccc2c1. The van der Waals surface area contributed by atoms with Gasteiger partial charge in [0.05, 0.1) is 10.5 Å². The number of benzene rings is 2. The third-order valence-corrected chi connectivity index (χ3v) is 5.66. The van der Waals surface area contributed by atoms with E-state index in [0.717, 1.165) is 23.6 Å². The highest BCUT2D eigenvalue weighted by atomic mass is 32.2. The van der Waals surface area contributed by atoms with Gasteiger partial charge in [-0.15, -0.1) is 0 Å². The van der Waals surface area contributed by atoms with Crippen LogP contribution in [0.3, 0.4) is 0 Å². The average molecular weight is 320 g/mol. The lowest BCUT2D eigenvalue weighted by molar-refractivity contribution is -0.0712. The number of rotatable bonds is 3. The van der Waals surface area contributed by atoms with Gasteiger partial charge in [-0.2, -0.15) is 8.42 Å². The summed E-state index contributed by atoms with van der Waals surface area (Å²) in [5.74, 6) is 0. The van der Waals surface area contributed by atoms with Crippen LogP contribution in [0.5, 0.6) is 0 Å². The molecule has 0 saturated heterocycles. The molecule has 1 N–H and O–H groups in total. The molecule has 0 aromatic heterocycles. The van der Waals surface area contributed by atoms with Crippen LogP contribution in [0.2, 0.25) is 0 Å². The van der Waals surface area contributed by atoms with Crippen LogP contribution in [-0.4, -0.2) is 25.2 Å². The monoisotopic (exact) mass is 320 g/mol. The molecule has 22 heavy (non-hydrogen) atoms. The van der Waals surface area contributed by atoms with Crippen LogP contribution >= 0.6 is 0 Å². The van der Waals surface area contributed by atoms with Crippen molar-refractivity contribution in [3.8, 4) is 0 Å². The Morgan fingerprint density at radius 2 is 1.86 bits per heavy atom. The summed E-state index contributed by atoms with van der Waals surface area (Å²) in [6.45, 7) is 1.65. The fraction of sp³-hybridized carbons (Fsp3) is 0.412. The minimum absolute atomic E-state index is 0.132. The van der Waals surface area contributed by atoms with Gasteiger partial charge < -0.3 is 5.11 Å². The number of fused-ring (bicyclic) bond motifs is 1. The second-order valence-corrected chi connectivity index (χ2v) is 7.72. The fourth-order valence-electron chi connectivity index (χ4n) is 2.97. The lowest BCUT2D eigenvalue weighted by Crippen LogP contribution is -2.44. The molecule has 0 amide bonds. The molecule has 5 heteroatoms. The first-order chi connectivity index (χ1) is 10.4. The standard InChI is InChI=1S/C17H20O4S/c1-17(18)11-5-4-8-16(17)21-22(19,20)15-10-9-13-6-2-3-7-14(13)12-15/h2-3,6-7,9-10,12,16,18H,4-5,8,11H2,1H3/t16-,17?/m0/s1. The molecule has 1 aliphatic rings. The molecule has 2 aromatic carbocycles. The Morgan fingerprint density at radius 1 is 1.14 bits per heavy atom. The van der Waals surface area contributed by atoms with E-state index in [-0.39, 0.29) is 4.90 Å². The molecule has 0 aliphatic heterocycles. The van der Waals surface area contributed by atoms with E-state index >= 15 is 0 Å². The molecule has 0 heterocycles. The predicted molar refractivity (Wildman–Crippen MR) is 85.1 cm³/mol. The summed E-state index contributed by atoms with van der Waals surface area (Å²) >= 11 is 0. The van der Waals surface area contributed by atoms with Crippen molar-refractivity contribution in [3.05, 3.63) is 42.5 Å². The first-order valence-corrected chi connectivity index (χ1v) is 8.94. The summed E-state index contributed by atoms with van der Waals surface area (Å²) in [5, 5.41) is 12.2. The molecular formula is C17H20O4S. The van der Waals surface area contributed by atoms with Crippen LogP contribution in [0.1, 0.15) is 32.6 Å². The van der Waals surface area contributed by atoms with Crippen LogP contribution in [0, 0.1) is 0 Å². The molecule has 3 rings (SSSR count). The maximum Gasteiger partial charge on any atom is 0.297 e. The van der Waals surface area contributed by atoms with Crippen LogP contribution in [0.15, 0.2) is 47.4 Å². The third-order valence-electron chi connectivity index (χ3n) is 4.35. The van der Waals surface area contributed by atoms with Crippen LogP contribution in [-0.2, 0) is 14.3 Å². The molecule has 4 nitrogen and oxygen atoms in total. The van der Waals surface area contributed by atoms with E-state index < -0.39 is 21.8 Å². The van der Waals surface area contributed by atoms with E-state index in [1.54, 1.807) is 25.1 Å². The van der Waals surface area contributed by atoms with Crippen molar-refractivity contribution in [1.29, 1.82) is 0 Å². The summed E-state index contributed by atoms with van der Waals surface area (Å²) in [4.78, 5) is 0.132. The van der Waals surface area contributed by atoms with Crippen molar-refractivity contribution in [1.82, 2.24) is 0 Å². The highest BCUT2D eigenvalue weighted by molar-refractivity contribution is 7.86. The van der Waals surface area contributed by atoms with Gasteiger partial charge in [0.1, 0.15) is 6.10 Å². The average Bonchev–Trinajstić information content (AvgIpc) is 2.49. The molecule has 1 unspecified atom stereocenters. The van der Waals surface area contributed by atoms with Crippen molar-refractivity contribution < 1.29 is 17.7 Å². The molecular weight excluding hydrogens is 300 g/mol. The van der Waals surface area contributed by atoms with Crippen LogP contribution in [0.25, 0.3) is 10.8 Å². The van der Waals surface area contributed by atoms with Gasteiger partial charge in [0.15, 0.2) is 0 Å². The van der Waals surface area contributed by atoms with Crippen molar-refractivity contribution in [3.63, 3.8) is 0 Å². The zero-order valence-corrected chi connectivity index (χ0v) is 13.3. The van der Waals surface area contributed by atoms with Gasteiger partial charge in [-0.05, 0) is 42.7 Å². The zero-order valence-electron chi connectivity index (χ0n) is 12.5. The minimum Gasteiger partial charge on any atom is -0.387 e. The Labute approximate surface area is 130 Å². The Bertz CT molecular complexity index is 780. The van der Waals surface area contributed by atoms with E-state index in [4.69, 9.17) is 4.18 Å². The Kier molecular flexibility index (Phi) is 3.97. The van der Waals surface area contributed by atoms with E-state index in [0.29, 0.717) is 12.8 Å². The van der Waals surface area contributed by atoms with Gasteiger partial charge in [-0.25, -0.2) is 0 Å². The normalized spacial score (nSPS) is 26.2. The van der Waals surface area contributed by atoms with E-state index in [1.807, 2.05) is 24.3 Å². The van der Waals surface area contributed by atoms with Crippen molar-refractivity contribution in [2.24, 2.45) is 0 Å². The summed E-state index contributed by atoms with van der Waals surface area (Å²) in [5.41, 5.74) is -1.10. The zero-order chi connectivity index (χ0) is 15.8. The second kappa shape index (κ2) is 5.65. The lowest BCUT2D eigenvalue weighted by Gasteiger charge is -2.36. The van der Waals surface area contributed by atoms with E-state index in [9.17, 15) is 13.5 Å². The van der Waals surface area contributed by atoms with E-state index in [1.165, 1.54) is 0 Å². The molecule has 2 aromatic rings. The van der Waals surface area contributed by atoms with Crippen LogP contribution in [0.4, 0.5) is 0 Å². The van der Waals surface area contributed by atoms with E-state index in [2.05, 4.69) is 0 Å². The smallest absolute Gasteiger partial charge is 0.297 e. The first kappa shape index (κ1) is 15.5. The summed E-state index contributed by atoms with van der Waals surface area (Å²) in [6, 6.07) is 12.5. The highest BCUT2D eigenvalue weighted by Gasteiger charge is 2.38. The molecule has 1 fully saturated rings. The molecule has 118 valence electrons. The third kappa shape index (κ3) is 3.02. The maximum atomic E-state index is 12.5. The van der Waals surface area contributed by atoms with Crippen molar-refractivity contribution in [2.45, 2.75) is 49.2 Å². The van der Waals surface area contributed by atoms with Crippen LogP contribution < -0.4 is 0 Å². The highest BCUT2D eigenvalue weighted by Crippen LogP contribution is 2.33. The van der Waals surface area contributed by atoms with Gasteiger partial charge in [-0.1, -0.05) is 43.2 Å². The number of aliphatic hydroxyl groups is 1. The fourth-order valence-corrected chi connectivity index (χ4v) is 4.19. The molecule has 1 saturated carbocycles. The first-order valence-electron chi connectivity index (χ1n) is 7.53. The largest absolute Gasteiger partial charge is 0.387 e. The second-order valence-electron chi connectivity index (χ2n) is 6.15. The Morgan fingerprint density at radius 3 is 2.59 bits per heavy atom. The van der Waals surface area contributed by atoms with Crippen molar-refractivity contribution >= 4 is 20.9 Å². The van der Waals surface area contributed by atoms with Gasteiger partial charge in [0, 0.05) is 0 Å². The van der Waals surface area contributed by atoms with Gasteiger partial charge in [0.25, 0.3) is 10.1 Å². The van der Waals surface area contributed by atoms with Crippen molar-refractivity contribution in [2.75, 3.05) is 0 Å². The molecule has 2 atom stereocenters. The predicted octanol–water partition coefficient (Wildman–Crippen LogP) is 3.24. The van der Waals surface area contributed by atoms with Gasteiger partial charge in [-0.3, -0.25) is 4.18 Å². The molecule has 0 bridgehead atoms. The summed E-state index contributed by atoms with van der Waals surface area (Å²) < 4.78 is 30.3. The minimum atomic E-state index is -3.88. The molecule has 0 spiro atoms.